The summed E-state index contributed by atoms with van der Waals surface area (Å²) in [5.74, 6) is -0.256. The van der Waals surface area contributed by atoms with Crippen molar-refractivity contribution in [2.45, 2.75) is 31.9 Å². The van der Waals surface area contributed by atoms with E-state index < -0.39 is 8.31 Å². The van der Waals surface area contributed by atoms with Crippen molar-refractivity contribution in [2.75, 3.05) is 13.2 Å². The molecule has 0 amide bonds. The quantitative estimate of drug-likeness (QED) is 0.309. The van der Waals surface area contributed by atoms with Crippen molar-refractivity contribution in [2.24, 2.45) is 0 Å². The molecular weight excluding hydrogens is 224 g/mol. The van der Waals surface area contributed by atoms with Gasteiger partial charge < -0.3 is 9.16 Å². The molecule has 0 saturated carbocycles. The van der Waals surface area contributed by atoms with E-state index in [-0.39, 0.29) is 15.2 Å². The molecule has 3 nitrogen and oxygen atoms in total. The molecule has 0 bridgehead atoms. The normalized spacial score (nSPS) is 22.6. The van der Waals surface area contributed by atoms with Gasteiger partial charge in [-0.05, 0) is 19.8 Å². The van der Waals surface area contributed by atoms with Crippen LogP contribution < -0.4 is 0 Å². The molecule has 0 aromatic heterocycles. The first kappa shape index (κ1) is 12.7. The Morgan fingerprint density at radius 2 is 2.47 bits per heavy atom. The Hall–Kier alpha value is -0.396. The van der Waals surface area contributed by atoms with E-state index in [0.717, 1.165) is 13.0 Å². The average molecular weight is 244 g/mol. The van der Waals surface area contributed by atoms with Crippen molar-refractivity contribution in [3.63, 3.8) is 0 Å². The fraction of sp³-hybridized carbons (Fsp3) is 0.700. The van der Waals surface area contributed by atoms with Crippen LogP contribution in [-0.2, 0) is 14.0 Å². The minimum Gasteiger partial charge on any atom is -0.462 e. The molecule has 0 radical (unpaired) electrons. The zero-order chi connectivity index (χ0) is 11.1. The number of carbonyl (C=O) groups is 1. The lowest BCUT2D eigenvalue weighted by Gasteiger charge is -2.19. The Morgan fingerprint density at radius 3 is 3.07 bits per heavy atom. The smallest absolute Gasteiger partial charge is 0.333 e. The van der Waals surface area contributed by atoms with Gasteiger partial charge in [-0.3, -0.25) is 0 Å². The van der Waals surface area contributed by atoms with E-state index in [9.17, 15) is 4.79 Å². The van der Waals surface area contributed by atoms with Gasteiger partial charge in [0.1, 0.15) is 9.28 Å². The van der Waals surface area contributed by atoms with Crippen LogP contribution in [-0.4, -0.2) is 36.8 Å². The van der Waals surface area contributed by atoms with Crippen LogP contribution in [0.3, 0.4) is 0 Å². The van der Waals surface area contributed by atoms with Gasteiger partial charge >= 0.3 is 5.97 Å². The minimum atomic E-state index is -0.511. The summed E-state index contributed by atoms with van der Waals surface area (Å²) in [6.07, 6.45) is 2.28. The second kappa shape index (κ2) is 6.97. The molecule has 0 aromatic carbocycles. The molecule has 1 heterocycles. The van der Waals surface area contributed by atoms with Crippen LogP contribution >= 0.6 is 0 Å². The van der Waals surface area contributed by atoms with Crippen molar-refractivity contribution in [3.8, 4) is 0 Å². The molecule has 1 rings (SSSR count). The lowest BCUT2D eigenvalue weighted by molar-refractivity contribution is -0.138. The van der Waals surface area contributed by atoms with Crippen LogP contribution in [0.25, 0.3) is 0 Å². The Labute approximate surface area is 95.2 Å². The highest BCUT2D eigenvalue weighted by molar-refractivity contribution is 7.10. The lowest BCUT2D eigenvalue weighted by Crippen LogP contribution is -2.30. The molecule has 0 aromatic rings. The fourth-order valence-corrected chi connectivity index (χ4v) is 8.74. The third kappa shape index (κ3) is 5.29. The maximum Gasteiger partial charge on any atom is 0.333 e. The molecule has 1 aliphatic rings. The predicted molar refractivity (Wildman–Crippen MR) is 66.3 cm³/mol. The number of esters is 1. The van der Waals surface area contributed by atoms with Crippen LogP contribution in [0.1, 0.15) is 19.8 Å². The number of carbonyl (C=O) groups excluding carboxylic acids is 1. The van der Waals surface area contributed by atoms with E-state index in [4.69, 9.17) is 9.16 Å². The summed E-state index contributed by atoms with van der Waals surface area (Å²) < 4.78 is 10.6. The van der Waals surface area contributed by atoms with Crippen LogP contribution in [0.2, 0.25) is 12.1 Å². The molecule has 5 heteroatoms. The molecule has 0 spiro atoms. The van der Waals surface area contributed by atoms with Gasteiger partial charge in [0.25, 0.3) is 0 Å². The lowest BCUT2D eigenvalue weighted by atomic mass is 10.4. The van der Waals surface area contributed by atoms with Gasteiger partial charge in [0, 0.05) is 12.2 Å². The van der Waals surface area contributed by atoms with Gasteiger partial charge in [0.2, 0.25) is 0 Å². The van der Waals surface area contributed by atoms with Crippen molar-refractivity contribution in [1.29, 1.82) is 0 Å². The zero-order valence-corrected chi connectivity index (χ0v) is 12.0. The third-order valence-corrected chi connectivity index (χ3v) is 10.6. The van der Waals surface area contributed by atoms with Gasteiger partial charge in [-0.2, -0.15) is 0 Å². The van der Waals surface area contributed by atoms with Gasteiger partial charge in [-0.15, -0.1) is 0 Å². The molecule has 1 saturated heterocycles. The number of hydrogen-bond acceptors (Lipinski definition) is 3. The van der Waals surface area contributed by atoms with Crippen molar-refractivity contribution >= 4 is 23.6 Å². The Bertz CT molecular complexity index is 225. The maximum atomic E-state index is 11.1. The molecule has 1 atom stereocenters. The zero-order valence-electron chi connectivity index (χ0n) is 9.46. The van der Waals surface area contributed by atoms with Crippen LogP contribution in [0, 0.1) is 0 Å². The molecule has 0 aliphatic carbocycles. The first-order valence-electron chi connectivity index (χ1n) is 5.60. The minimum absolute atomic E-state index is 0.160. The maximum absolute atomic E-state index is 11.1. The van der Waals surface area contributed by atoms with Gasteiger partial charge in [-0.25, -0.2) is 4.79 Å². The first-order chi connectivity index (χ1) is 7.20. The molecule has 0 N–H and O–H groups in total. The van der Waals surface area contributed by atoms with Crippen LogP contribution in [0.15, 0.2) is 12.2 Å². The molecule has 1 unspecified atom stereocenters. The Kier molecular flexibility index (Phi) is 5.89. The molecule has 1 aliphatic heterocycles. The van der Waals surface area contributed by atoms with E-state index in [1.165, 1.54) is 18.5 Å². The summed E-state index contributed by atoms with van der Waals surface area (Å²) >= 11 is 0. The predicted octanol–water partition coefficient (Wildman–Crippen LogP) is 0.724. The van der Waals surface area contributed by atoms with Crippen molar-refractivity contribution in [3.05, 3.63) is 12.2 Å². The van der Waals surface area contributed by atoms with E-state index >= 15 is 0 Å². The number of rotatable bonds is 5. The molecule has 15 heavy (non-hydrogen) atoms. The molecule has 86 valence electrons. The SMILES string of the molecule is C=C(C)C(=O)OCCC[SiH]1CCCO[SiH2]1. The summed E-state index contributed by atoms with van der Waals surface area (Å²) in [6, 6.07) is 2.73. The van der Waals surface area contributed by atoms with E-state index in [0.29, 0.717) is 12.2 Å². The second-order valence-corrected chi connectivity index (χ2v) is 12.2. The second-order valence-electron chi connectivity index (χ2n) is 4.14. The summed E-state index contributed by atoms with van der Waals surface area (Å²) in [5, 5.41) is 0. The number of hydrogen-bond donors (Lipinski definition) is 0. The van der Waals surface area contributed by atoms with Gasteiger partial charge in [0.05, 0.1) is 14.9 Å². The van der Waals surface area contributed by atoms with Crippen molar-refractivity contribution < 1.29 is 14.0 Å². The van der Waals surface area contributed by atoms with Crippen LogP contribution in [0.4, 0.5) is 0 Å². The standard InChI is InChI=1S/C10H20O3Si2/c1-9(2)10(11)12-5-3-7-15-8-4-6-13-14-15/h15H,1,3-8,14H2,2H3. The summed E-state index contributed by atoms with van der Waals surface area (Å²) in [4.78, 5) is 11.1. The van der Waals surface area contributed by atoms with E-state index in [2.05, 4.69) is 6.58 Å². The third-order valence-electron chi connectivity index (χ3n) is 2.59. The summed E-state index contributed by atoms with van der Waals surface area (Å²) in [6.45, 7) is 6.78. The Balaban J connectivity index is 2.01. The highest BCUT2D eigenvalue weighted by Crippen LogP contribution is 2.10. The molecule has 1 fully saturated rings. The van der Waals surface area contributed by atoms with Crippen LogP contribution in [0.5, 0.6) is 0 Å². The Morgan fingerprint density at radius 1 is 1.67 bits per heavy atom. The fourth-order valence-electron chi connectivity index (χ4n) is 1.70. The summed E-state index contributed by atoms with van der Waals surface area (Å²) in [5.41, 5.74) is 0.489. The largest absolute Gasteiger partial charge is 0.462 e. The highest BCUT2D eigenvalue weighted by atomic mass is 29.2. The summed E-state index contributed by atoms with van der Waals surface area (Å²) in [7, 11) is -0.670. The number of ether oxygens (including phenoxy) is 1. The van der Waals surface area contributed by atoms with E-state index in [1.807, 2.05) is 0 Å². The van der Waals surface area contributed by atoms with Gasteiger partial charge in [0.15, 0.2) is 0 Å². The highest BCUT2D eigenvalue weighted by Gasteiger charge is 2.16. The average Bonchev–Trinajstić information content (AvgIpc) is 2.25. The van der Waals surface area contributed by atoms with Crippen molar-refractivity contribution in [1.82, 2.24) is 0 Å². The van der Waals surface area contributed by atoms with Gasteiger partial charge in [-0.1, -0.05) is 18.7 Å². The molecular formula is C10H20O3Si2. The topological polar surface area (TPSA) is 35.5 Å². The first-order valence-corrected chi connectivity index (χ1v) is 11.1. The monoisotopic (exact) mass is 244 g/mol. The van der Waals surface area contributed by atoms with E-state index in [1.54, 1.807) is 6.92 Å².